The van der Waals surface area contributed by atoms with Crippen LogP contribution >= 0.6 is 0 Å². The number of nitrogens with zero attached hydrogens (tertiary/aromatic N) is 2. The molecule has 1 aromatic carbocycles. The zero-order valence-corrected chi connectivity index (χ0v) is 13.3. The van der Waals surface area contributed by atoms with E-state index in [1.807, 2.05) is 36.1 Å². The molecule has 0 aliphatic rings. The maximum atomic E-state index is 5.45. The van der Waals surface area contributed by atoms with Crippen LogP contribution in [-0.2, 0) is 13.6 Å². The number of hydrogen-bond donors (Lipinski definition) is 1. The van der Waals surface area contributed by atoms with Crippen LogP contribution in [0.5, 0.6) is 11.5 Å². The first-order chi connectivity index (χ1) is 10.1. The highest BCUT2D eigenvalue weighted by molar-refractivity contribution is 5.42. The third kappa shape index (κ3) is 3.36. The van der Waals surface area contributed by atoms with Gasteiger partial charge in [-0.2, -0.15) is 5.10 Å². The molecule has 0 saturated carbocycles. The fourth-order valence-electron chi connectivity index (χ4n) is 2.27. The quantitative estimate of drug-likeness (QED) is 0.888. The Balaban J connectivity index is 2.09. The van der Waals surface area contributed by atoms with Gasteiger partial charge in [-0.1, -0.05) is 6.07 Å². The summed E-state index contributed by atoms with van der Waals surface area (Å²) < 4.78 is 12.6. The highest BCUT2D eigenvalue weighted by Crippen LogP contribution is 2.29. The van der Waals surface area contributed by atoms with Gasteiger partial charge < -0.3 is 14.8 Å². The van der Waals surface area contributed by atoms with Crippen molar-refractivity contribution in [1.29, 1.82) is 0 Å². The summed E-state index contributed by atoms with van der Waals surface area (Å²) in [5.74, 6) is 1.63. The van der Waals surface area contributed by atoms with Crippen molar-refractivity contribution in [3.05, 3.63) is 41.2 Å². The van der Waals surface area contributed by atoms with Crippen LogP contribution in [-0.4, -0.2) is 24.0 Å². The highest BCUT2D eigenvalue weighted by atomic mass is 16.5. The molecule has 0 aliphatic heterocycles. The molecule has 1 atom stereocenters. The molecule has 2 rings (SSSR count). The number of methoxy groups -OCH3 is 2. The van der Waals surface area contributed by atoms with Crippen molar-refractivity contribution in [2.75, 3.05) is 14.2 Å². The molecule has 114 valence electrons. The molecule has 0 saturated heterocycles. The molecule has 0 aliphatic carbocycles. The van der Waals surface area contributed by atoms with Gasteiger partial charge in [0.2, 0.25) is 0 Å². The van der Waals surface area contributed by atoms with E-state index in [1.165, 1.54) is 11.3 Å². The Morgan fingerprint density at radius 2 is 2.05 bits per heavy atom. The molecular formula is C16H23N3O2. The number of nitrogens with one attached hydrogen (secondary N) is 1. The third-order valence-corrected chi connectivity index (χ3v) is 3.84. The fraction of sp³-hybridized carbons (Fsp3) is 0.438. The second-order valence-corrected chi connectivity index (χ2v) is 5.09. The Morgan fingerprint density at radius 3 is 2.62 bits per heavy atom. The second kappa shape index (κ2) is 6.63. The average Bonchev–Trinajstić information content (AvgIpc) is 2.83. The molecule has 5 heteroatoms. The van der Waals surface area contributed by atoms with Gasteiger partial charge >= 0.3 is 0 Å². The van der Waals surface area contributed by atoms with Crippen LogP contribution in [0.1, 0.15) is 29.8 Å². The number of rotatable bonds is 6. The Kier molecular flexibility index (Phi) is 4.85. The molecule has 0 amide bonds. The molecule has 2 aromatic rings. The van der Waals surface area contributed by atoms with E-state index in [4.69, 9.17) is 9.47 Å². The van der Waals surface area contributed by atoms with Gasteiger partial charge in [-0.15, -0.1) is 0 Å². The van der Waals surface area contributed by atoms with Crippen LogP contribution in [0, 0.1) is 6.92 Å². The van der Waals surface area contributed by atoms with Crippen molar-refractivity contribution in [1.82, 2.24) is 15.1 Å². The standard InChI is InChI=1S/C16H23N3O2/c1-11(17-9-13-10-18-19(3)12(13)2)15-7-6-14(20-4)8-16(15)21-5/h6-8,10-11,17H,9H2,1-5H3. The van der Waals surface area contributed by atoms with Gasteiger partial charge in [-0.05, 0) is 19.9 Å². The maximum Gasteiger partial charge on any atom is 0.127 e. The summed E-state index contributed by atoms with van der Waals surface area (Å²) >= 11 is 0. The number of aromatic nitrogens is 2. The Labute approximate surface area is 125 Å². The zero-order valence-electron chi connectivity index (χ0n) is 13.3. The lowest BCUT2D eigenvalue weighted by Crippen LogP contribution is -2.19. The van der Waals surface area contributed by atoms with Gasteiger partial charge in [0, 0.05) is 42.5 Å². The normalized spacial score (nSPS) is 12.2. The van der Waals surface area contributed by atoms with Crippen LogP contribution in [0.3, 0.4) is 0 Å². The first-order valence-corrected chi connectivity index (χ1v) is 6.99. The maximum absolute atomic E-state index is 5.45. The topological polar surface area (TPSA) is 48.3 Å². The van der Waals surface area contributed by atoms with Gasteiger partial charge in [-0.3, -0.25) is 4.68 Å². The van der Waals surface area contributed by atoms with Crippen LogP contribution in [0.4, 0.5) is 0 Å². The van der Waals surface area contributed by atoms with Gasteiger partial charge in [-0.25, -0.2) is 0 Å². The molecule has 1 aromatic heterocycles. The average molecular weight is 289 g/mol. The summed E-state index contributed by atoms with van der Waals surface area (Å²) in [6.07, 6.45) is 1.90. The van der Waals surface area contributed by atoms with Crippen molar-refractivity contribution < 1.29 is 9.47 Å². The largest absolute Gasteiger partial charge is 0.497 e. The minimum atomic E-state index is 0.172. The van der Waals surface area contributed by atoms with Gasteiger partial charge in [0.1, 0.15) is 11.5 Å². The Morgan fingerprint density at radius 1 is 1.29 bits per heavy atom. The van der Waals surface area contributed by atoms with Gasteiger partial charge in [0.15, 0.2) is 0 Å². The number of benzene rings is 1. The predicted octanol–water partition coefficient (Wildman–Crippen LogP) is 2.60. The zero-order chi connectivity index (χ0) is 15.4. The van der Waals surface area contributed by atoms with E-state index in [0.717, 1.165) is 23.6 Å². The summed E-state index contributed by atoms with van der Waals surface area (Å²) in [6, 6.07) is 6.06. The number of ether oxygens (including phenoxy) is 2. The minimum absolute atomic E-state index is 0.172. The Hall–Kier alpha value is -2.01. The van der Waals surface area contributed by atoms with E-state index in [2.05, 4.69) is 24.3 Å². The van der Waals surface area contributed by atoms with Crippen LogP contribution in [0.25, 0.3) is 0 Å². The van der Waals surface area contributed by atoms with Crippen LogP contribution in [0.15, 0.2) is 24.4 Å². The summed E-state index contributed by atoms with van der Waals surface area (Å²) in [7, 11) is 5.28. The molecule has 1 heterocycles. The van der Waals surface area contributed by atoms with Crippen molar-refractivity contribution in [3.8, 4) is 11.5 Å². The molecule has 21 heavy (non-hydrogen) atoms. The van der Waals surface area contributed by atoms with E-state index >= 15 is 0 Å². The van der Waals surface area contributed by atoms with Crippen molar-refractivity contribution in [3.63, 3.8) is 0 Å². The lowest BCUT2D eigenvalue weighted by atomic mass is 10.1. The number of hydrogen-bond acceptors (Lipinski definition) is 4. The van der Waals surface area contributed by atoms with E-state index in [0.29, 0.717) is 0 Å². The van der Waals surface area contributed by atoms with E-state index in [9.17, 15) is 0 Å². The summed E-state index contributed by atoms with van der Waals surface area (Å²) in [6.45, 7) is 4.97. The minimum Gasteiger partial charge on any atom is -0.497 e. The molecule has 1 unspecified atom stereocenters. The molecule has 1 N–H and O–H groups in total. The molecule has 0 bridgehead atoms. The second-order valence-electron chi connectivity index (χ2n) is 5.09. The Bertz CT molecular complexity index is 608. The van der Waals surface area contributed by atoms with Crippen LogP contribution in [0.2, 0.25) is 0 Å². The summed E-state index contributed by atoms with van der Waals surface area (Å²) in [5.41, 5.74) is 3.49. The molecule has 0 fully saturated rings. The molecule has 0 radical (unpaired) electrons. The fourth-order valence-corrected chi connectivity index (χ4v) is 2.27. The first-order valence-electron chi connectivity index (χ1n) is 6.99. The number of aryl methyl sites for hydroxylation is 1. The van der Waals surface area contributed by atoms with E-state index < -0.39 is 0 Å². The summed E-state index contributed by atoms with van der Waals surface area (Å²) in [4.78, 5) is 0. The van der Waals surface area contributed by atoms with Crippen LogP contribution < -0.4 is 14.8 Å². The first kappa shape index (κ1) is 15.4. The van der Waals surface area contributed by atoms with Crippen molar-refractivity contribution in [2.24, 2.45) is 7.05 Å². The van der Waals surface area contributed by atoms with Crippen molar-refractivity contribution >= 4 is 0 Å². The lowest BCUT2D eigenvalue weighted by molar-refractivity contribution is 0.385. The monoisotopic (exact) mass is 289 g/mol. The SMILES string of the molecule is COc1ccc(C(C)NCc2cnn(C)c2C)c(OC)c1. The predicted molar refractivity (Wildman–Crippen MR) is 82.7 cm³/mol. The molecule has 0 spiro atoms. The lowest BCUT2D eigenvalue weighted by Gasteiger charge is -2.18. The molecular weight excluding hydrogens is 266 g/mol. The third-order valence-electron chi connectivity index (χ3n) is 3.84. The highest BCUT2D eigenvalue weighted by Gasteiger charge is 2.13. The van der Waals surface area contributed by atoms with E-state index in [-0.39, 0.29) is 6.04 Å². The summed E-state index contributed by atoms with van der Waals surface area (Å²) in [5, 5.41) is 7.77. The van der Waals surface area contributed by atoms with Gasteiger partial charge in [0.05, 0.1) is 20.4 Å². The molecule has 5 nitrogen and oxygen atoms in total. The van der Waals surface area contributed by atoms with E-state index in [1.54, 1.807) is 14.2 Å². The van der Waals surface area contributed by atoms with Crippen molar-refractivity contribution in [2.45, 2.75) is 26.4 Å². The smallest absolute Gasteiger partial charge is 0.127 e. The van der Waals surface area contributed by atoms with Gasteiger partial charge in [0.25, 0.3) is 0 Å².